The van der Waals surface area contributed by atoms with Crippen molar-refractivity contribution in [2.45, 2.75) is 6.54 Å². The molecule has 0 atom stereocenters. The smallest absolute Gasteiger partial charge is 0.143 e. The average Bonchev–Trinajstić information content (AvgIpc) is 2.30. The van der Waals surface area contributed by atoms with Crippen LogP contribution in [0.25, 0.3) is 0 Å². The molecule has 0 aliphatic heterocycles. The van der Waals surface area contributed by atoms with Crippen molar-refractivity contribution >= 4 is 28.4 Å². The Hall–Kier alpha value is -1.31. The van der Waals surface area contributed by atoms with E-state index in [1.807, 2.05) is 0 Å². The second kappa shape index (κ2) is 5.35. The van der Waals surface area contributed by atoms with E-state index >= 15 is 0 Å². The van der Waals surface area contributed by atoms with E-state index in [9.17, 15) is 8.78 Å². The minimum absolute atomic E-state index is 0.249. The van der Waals surface area contributed by atoms with E-state index < -0.39 is 11.6 Å². The molecule has 0 unspecified atom stereocenters. The van der Waals surface area contributed by atoms with E-state index in [2.05, 4.69) is 37.9 Å². The molecular formula is C11H8F2IN3. The first-order chi connectivity index (χ1) is 8.16. The number of hydrogen-bond donors (Lipinski definition) is 1. The maximum Gasteiger partial charge on any atom is 0.143 e. The van der Waals surface area contributed by atoms with Crippen LogP contribution in [0.5, 0.6) is 0 Å². The lowest BCUT2D eigenvalue weighted by molar-refractivity contribution is 0.574. The summed E-state index contributed by atoms with van der Waals surface area (Å²) in [5.74, 6) is -0.520. The largest absolute Gasteiger partial charge is 0.365 e. The molecule has 0 aliphatic rings. The predicted octanol–water partition coefficient (Wildman–Crippen LogP) is 2.97. The summed E-state index contributed by atoms with van der Waals surface area (Å²) in [6.45, 7) is 0.249. The molecule has 0 spiro atoms. The average molecular weight is 347 g/mol. The van der Waals surface area contributed by atoms with Gasteiger partial charge in [0.25, 0.3) is 0 Å². The summed E-state index contributed by atoms with van der Waals surface area (Å²) in [7, 11) is 0. The highest BCUT2D eigenvalue weighted by molar-refractivity contribution is 14.1. The first-order valence-corrected chi connectivity index (χ1v) is 5.88. The van der Waals surface area contributed by atoms with Gasteiger partial charge < -0.3 is 5.32 Å². The Morgan fingerprint density at radius 1 is 1.29 bits per heavy atom. The van der Waals surface area contributed by atoms with Crippen LogP contribution in [0.1, 0.15) is 5.56 Å². The maximum absolute atomic E-state index is 13.3. The van der Waals surface area contributed by atoms with Crippen molar-refractivity contribution in [2.75, 3.05) is 5.32 Å². The zero-order valence-electron chi connectivity index (χ0n) is 8.62. The zero-order chi connectivity index (χ0) is 12.3. The fraction of sp³-hybridized carbons (Fsp3) is 0.0909. The van der Waals surface area contributed by atoms with E-state index in [0.29, 0.717) is 11.4 Å². The highest BCUT2D eigenvalue weighted by Gasteiger charge is 2.05. The molecule has 2 rings (SSSR count). The van der Waals surface area contributed by atoms with Crippen molar-refractivity contribution in [3.63, 3.8) is 0 Å². The molecule has 1 aromatic carbocycles. The van der Waals surface area contributed by atoms with Gasteiger partial charge in [0.2, 0.25) is 0 Å². The number of anilines is 1. The topological polar surface area (TPSA) is 37.8 Å². The van der Waals surface area contributed by atoms with Crippen LogP contribution in [-0.2, 0) is 6.54 Å². The second-order valence-electron chi connectivity index (χ2n) is 3.31. The van der Waals surface area contributed by atoms with Gasteiger partial charge in [-0.3, -0.25) is 0 Å². The number of hydrogen-bond acceptors (Lipinski definition) is 3. The number of benzene rings is 1. The van der Waals surface area contributed by atoms with Gasteiger partial charge in [0.05, 0.1) is 3.57 Å². The summed E-state index contributed by atoms with van der Waals surface area (Å²) in [5, 5.41) is 2.97. The Kier molecular flexibility index (Phi) is 3.82. The van der Waals surface area contributed by atoms with Crippen molar-refractivity contribution in [1.82, 2.24) is 9.97 Å². The lowest BCUT2D eigenvalue weighted by atomic mass is 10.2. The van der Waals surface area contributed by atoms with Gasteiger partial charge in [-0.2, -0.15) is 0 Å². The van der Waals surface area contributed by atoms with Crippen molar-refractivity contribution in [3.8, 4) is 0 Å². The number of aromatic nitrogens is 2. The minimum Gasteiger partial charge on any atom is -0.365 e. The summed E-state index contributed by atoms with van der Waals surface area (Å²) < 4.78 is 26.9. The van der Waals surface area contributed by atoms with E-state index in [1.165, 1.54) is 18.5 Å². The van der Waals surface area contributed by atoms with Gasteiger partial charge in [0, 0.05) is 24.4 Å². The van der Waals surface area contributed by atoms with Crippen molar-refractivity contribution in [3.05, 3.63) is 51.5 Å². The van der Waals surface area contributed by atoms with Gasteiger partial charge in [0.15, 0.2) is 0 Å². The van der Waals surface area contributed by atoms with Crippen LogP contribution in [0, 0.1) is 15.2 Å². The summed E-state index contributed by atoms with van der Waals surface area (Å²) >= 11 is 2.08. The van der Waals surface area contributed by atoms with E-state index in [4.69, 9.17) is 0 Å². The molecule has 0 saturated heterocycles. The Labute approximate surface area is 110 Å². The van der Waals surface area contributed by atoms with Crippen LogP contribution in [0.15, 0.2) is 30.7 Å². The Bertz CT molecular complexity index is 534. The molecular weight excluding hydrogens is 339 g/mol. The molecule has 88 valence electrons. The first kappa shape index (κ1) is 12.2. The quantitative estimate of drug-likeness (QED) is 0.868. The third kappa shape index (κ3) is 3.09. The van der Waals surface area contributed by atoms with Crippen molar-refractivity contribution < 1.29 is 8.78 Å². The molecule has 0 saturated carbocycles. The van der Waals surface area contributed by atoms with Crippen LogP contribution in [0.4, 0.5) is 14.6 Å². The molecule has 0 bridgehead atoms. The van der Waals surface area contributed by atoms with Gasteiger partial charge in [-0.25, -0.2) is 18.7 Å². The predicted molar refractivity (Wildman–Crippen MR) is 68.4 cm³/mol. The molecule has 0 radical (unpaired) electrons. The molecule has 0 amide bonds. The second-order valence-corrected chi connectivity index (χ2v) is 4.47. The third-order valence-electron chi connectivity index (χ3n) is 2.13. The normalized spacial score (nSPS) is 10.3. The lowest BCUT2D eigenvalue weighted by Crippen LogP contribution is -2.05. The zero-order valence-corrected chi connectivity index (χ0v) is 10.8. The summed E-state index contributed by atoms with van der Waals surface area (Å²) in [6, 6.07) is 3.50. The fourth-order valence-electron chi connectivity index (χ4n) is 1.29. The van der Waals surface area contributed by atoms with Crippen molar-refractivity contribution in [2.24, 2.45) is 0 Å². The van der Waals surface area contributed by atoms with Crippen LogP contribution >= 0.6 is 22.6 Å². The minimum atomic E-state index is -0.581. The Morgan fingerprint density at radius 3 is 2.82 bits per heavy atom. The maximum atomic E-state index is 13.3. The van der Waals surface area contributed by atoms with Crippen LogP contribution in [0.2, 0.25) is 0 Å². The number of nitrogens with zero attached hydrogens (tertiary/aromatic N) is 2. The SMILES string of the molecule is Fc1ccc(CNc2ncncc2I)c(F)c1. The fourth-order valence-corrected chi connectivity index (χ4v) is 1.78. The van der Waals surface area contributed by atoms with Crippen LogP contribution < -0.4 is 5.32 Å². The van der Waals surface area contributed by atoms with Gasteiger partial charge in [-0.1, -0.05) is 6.07 Å². The summed E-state index contributed by atoms with van der Waals surface area (Å²) in [5.41, 5.74) is 0.390. The first-order valence-electron chi connectivity index (χ1n) is 4.80. The van der Waals surface area contributed by atoms with Crippen LogP contribution in [-0.4, -0.2) is 9.97 Å². The molecule has 0 fully saturated rings. The molecule has 0 aliphatic carbocycles. The molecule has 2 aromatic rings. The number of rotatable bonds is 3. The van der Waals surface area contributed by atoms with Gasteiger partial charge in [-0.05, 0) is 28.7 Å². The highest BCUT2D eigenvalue weighted by Crippen LogP contribution is 2.15. The third-order valence-corrected chi connectivity index (χ3v) is 2.92. The van der Waals surface area contributed by atoms with E-state index in [1.54, 1.807) is 6.20 Å². The molecule has 17 heavy (non-hydrogen) atoms. The van der Waals surface area contributed by atoms with Gasteiger partial charge in [-0.15, -0.1) is 0 Å². The lowest BCUT2D eigenvalue weighted by Gasteiger charge is -2.07. The molecule has 6 heteroatoms. The monoisotopic (exact) mass is 347 g/mol. The summed E-state index contributed by atoms with van der Waals surface area (Å²) in [6.07, 6.45) is 3.06. The highest BCUT2D eigenvalue weighted by atomic mass is 127. The molecule has 1 N–H and O–H groups in total. The number of nitrogens with one attached hydrogen (secondary N) is 1. The molecule has 1 heterocycles. The Balaban J connectivity index is 2.10. The standard InChI is InChI=1S/C11H8F2IN3/c12-8-2-1-7(9(13)3-8)4-16-11-10(14)5-15-6-17-11/h1-3,5-6H,4H2,(H,15,16,17). The van der Waals surface area contributed by atoms with E-state index in [-0.39, 0.29) is 6.54 Å². The Morgan fingerprint density at radius 2 is 2.12 bits per heavy atom. The van der Waals surface area contributed by atoms with Crippen molar-refractivity contribution in [1.29, 1.82) is 0 Å². The van der Waals surface area contributed by atoms with Crippen LogP contribution in [0.3, 0.4) is 0 Å². The van der Waals surface area contributed by atoms with E-state index in [0.717, 1.165) is 9.64 Å². The van der Waals surface area contributed by atoms with Gasteiger partial charge in [0.1, 0.15) is 23.8 Å². The van der Waals surface area contributed by atoms with Gasteiger partial charge >= 0.3 is 0 Å². The molecule has 1 aromatic heterocycles. The summed E-state index contributed by atoms with van der Waals surface area (Å²) in [4.78, 5) is 7.86. The number of halogens is 3. The molecule has 3 nitrogen and oxygen atoms in total.